The standard InChI is InChI=1S/C22H14F3N9O/c1-9(30-19-16(8-27)18(28)32-22(29)33-19)20-31-17-10(7-26)2-11(23)6-15(17)21(35)34(20)14-4-12(24)3-13(25)5-14/h2-6,9H,1H3,(H5,28,29,30,32,33). The summed E-state index contributed by atoms with van der Waals surface area (Å²) in [6.07, 6.45) is 0. The van der Waals surface area contributed by atoms with Gasteiger partial charge in [0.05, 0.1) is 28.2 Å². The Hall–Kier alpha value is -5.17. The average molecular weight is 477 g/mol. The molecule has 10 nitrogen and oxygen atoms in total. The largest absolute Gasteiger partial charge is 0.382 e. The van der Waals surface area contributed by atoms with Crippen molar-refractivity contribution in [3.63, 3.8) is 0 Å². The van der Waals surface area contributed by atoms with Crippen LogP contribution in [0.1, 0.15) is 29.9 Å². The number of halogens is 3. The van der Waals surface area contributed by atoms with Crippen molar-refractivity contribution in [3.8, 4) is 17.8 Å². The zero-order valence-electron chi connectivity index (χ0n) is 17.8. The number of nitriles is 2. The summed E-state index contributed by atoms with van der Waals surface area (Å²) in [5.41, 5.74) is 9.74. The first kappa shape index (κ1) is 23.0. The Morgan fingerprint density at radius 2 is 1.63 bits per heavy atom. The van der Waals surface area contributed by atoms with E-state index in [-0.39, 0.29) is 51.1 Å². The molecule has 0 saturated carbocycles. The van der Waals surface area contributed by atoms with Gasteiger partial charge in [-0.05, 0) is 31.2 Å². The summed E-state index contributed by atoms with van der Waals surface area (Å²) in [7, 11) is 0. The zero-order chi connectivity index (χ0) is 25.4. The molecule has 2 aromatic heterocycles. The van der Waals surface area contributed by atoms with Gasteiger partial charge in [-0.25, -0.2) is 18.2 Å². The van der Waals surface area contributed by atoms with Gasteiger partial charge in [-0.3, -0.25) is 9.36 Å². The molecular weight excluding hydrogens is 463 g/mol. The molecule has 0 spiro atoms. The highest BCUT2D eigenvalue weighted by atomic mass is 19.1. The normalized spacial score (nSPS) is 11.6. The van der Waals surface area contributed by atoms with E-state index in [4.69, 9.17) is 11.5 Å². The minimum Gasteiger partial charge on any atom is -0.382 e. The molecular formula is C22H14F3N9O. The Morgan fingerprint density at radius 1 is 0.971 bits per heavy atom. The van der Waals surface area contributed by atoms with E-state index in [1.807, 2.05) is 6.07 Å². The summed E-state index contributed by atoms with van der Waals surface area (Å²) >= 11 is 0. The lowest BCUT2D eigenvalue weighted by molar-refractivity contribution is 0.579. The summed E-state index contributed by atoms with van der Waals surface area (Å²) in [5, 5.41) is 21.4. The van der Waals surface area contributed by atoms with Crippen LogP contribution in [0.2, 0.25) is 0 Å². The molecule has 0 aliphatic rings. The lowest BCUT2D eigenvalue weighted by atomic mass is 10.1. The Bertz CT molecular complexity index is 1630. The third-order valence-corrected chi connectivity index (χ3v) is 5.00. The van der Waals surface area contributed by atoms with Gasteiger partial charge in [0.1, 0.15) is 46.8 Å². The number of fused-ring (bicyclic) bond motifs is 1. The molecule has 0 bridgehead atoms. The summed E-state index contributed by atoms with van der Waals surface area (Å²) in [5.74, 6) is -3.47. The van der Waals surface area contributed by atoms with Gasteiger partial charge in [0, 0.05) is 6.07 Å². The highest BCUT2D eigenvalue weighted by Crippen LogP contribution is 2.26. The minimum absolute atomic E-state index is 0.0871. The van der Waals surface area contributed by atoms with Crippen LogP contribution in [0.15, 0.2) is 35.1 Å². The second kappa shape index (κ2) is 8.64. The first-order chi connectivity index (χ1) is 16.6. The molecule has 2 aromatic carbocycles. The predicted molar refractivity (Wildman–Crippen MR) is 120 cm³/mol. The maximum absolute atomic E-state index is 14.1. The van der Waals surface area contributed by atoms with Crippen LogP contribution in [0, 0.1) is 40.1 Å². The van der Waals surface area contributed by atoms with Crippen LogP contribution < -0.4 is 22.3 Å². The van der Waals surface area contributed by atoms with E-state index < -0.39 is 29.1 Å². The number of nitrogens with zero attached hydrogens (tertiary/aromatic N) is 6. The van der Waals surface area contributed by atoms with Gasteiger partial charge in [0.15, 0.2) is 5.82 Å². The summed E-state index contributed by atoms with van der Waals surface area (Å²) in [6.45, 7) is 1.50. The van der Waals surface area contributed by atoms with Gasteiger partial charge in [-0.2, -0.15) is 20.5 Å². The lowest BCUT2D eigenvalue weighted by Crippen LogP contribution is -2.28. The fourth-order valence-electron chi connectivity index (χ4n) is 3.55. The molecule has 0 fully saturated rings. The number of nitrogens with one attached hydrogen (secondary N) is 1. The molecule has 174 valence electrons. The van der Waals surface area contributed by atoms with Gasteiger partial charge in [0.25, 0.3) is 5.56 Å². The third kappa shape index (κ3) is 4.14. The van der Waals surface area contributed by atoms with Crippen LogP contribution in [0.3, 0.4) is 0 Å². The van der Waals surface area contributed by atoms with Crippen LogP contribution in [0.4, 0.5) is 30.8 Å². The molecule has 1 unspecified atom stereocenters. The number of nitrogens with two attached hydrogens (primary N) is 2. The summed E-state index contributed by atoms with van der Waals surface area (Å²) in [6, 6.07) is 6.81. The Balaban J connectivity index is 2.03. The molecule has 4 aromatic rings. The summed E-state index contributed by atoms with van der Waals surface area (Å²) in [4.78, 5) is 25.5. The Labute approximate surface area is 194 Å². The van der Waals surface area contributed by atoms with E-state index in [1.165, 1.54) is 6.92 Å². The van der Waals surface area contributed by atoms with E-state index in [1.54, 1.807) is 6.07 Å². The molecule has 0 radical (unpaired) electrons. The molecule has 0 aliphatic heterocycles. The van der Waals surface area contributed by atoms with Crippen molar-refractivity contribution in [2.24, 2.45) is 0 Å². The first-order valence-corrected chi connectivity index (χ1v) is 9.85. The Kier molecular flexibility index (Phi) is 5.68. The molecule has 0 amide bonds. The third-order valence-electron chi connectivity index (χ3n) is 5.00. The number of hydrogen-bond donors (Lipinski definition) is 3. The smallest absolute Gasteiger partial charge is 0.266 e. The van der Waals surface area contributed by atoms with E-state index >= 15 is 0 Å². The number of anilines is 3. The Morgan fingerprint density at radius 3 is 2.26 bits per heavy atom. The van der Waals surface area contributed by atoms with E-state index in [0.29, 0.717) is 6.07 Å². The molecule has 5 N–H and O–H groups in total. The highest BCUT2D eigenvalue weighted by Gasteiger charge is 2.23. The van der Waals surface area contributed by atoms with Gasteiger partial charge >= 0.3 is 0 Å². The molecule has 13 heteroatoms. The molecule has 0 saturated heterocycles. The van der Waals surface area contributed by atoms with Crippen LogP contribution in [-0.4, -0.2) is 19.5 Å². The van der Waals surface area contributed by atoms with Crippen molar-refractivity contribution < 1.29 is 13.2 Å². The van der Waals surface area contributed by atoms with Crippen LogP contribution >= 0.6 is 0 Å². The number of benzene rings is 2. The second-order valence-corrected chi connectivity index (χ2v) is 7.37. The van der Waals surface area contributed by atoms with Gasteiger partial charge in [-0.1, -0.05) is 0 Å². The van der Waals surface area contributed by atoms with Crippen molar-refractivity contribution in [1.29, 1.82) is 10.5 Å². The molecule has 2 heterocycles. The lowest BCUT2D eigenvalue weighted by Gasteiger charge is -2.21. The van der Waals surface area contributed by atoms with Crippen LogP contribution in [-0.2, 0) is 0 Å². The van der Waals surface area contributed by atoms with Gasteiger partial charge in [-0.15, -0.1) is 0 Å². The van der Waals surface area contributed by atoms with E-state index in [0.717, 1.165) is 28.8 Å². The quantitative estimate of drug-likeness (QED) is 0.399. The fourth-order valence-corrected chi connectivity index (χ4v) is 3.55. The van der Waals surface area contributed by atoms with E-state index in [9.17, 15) is 28.5 Å². The first-order valence-electron chi connectivity index (χ1n) is 9.85. The second-order valence-electron chi connectivity index (χ2n) is 7.37. The minimum atomic E-state index is -0.976. The average Bonchev–Trinajstić information content (AvgIpc) is 2.77. The number of nitrogen functional groups attached to an aromatic ring is 2. The zero-order valence-corrected chi connectivity index (χ0v) is 17.8. The number of aromatic nitrogens is 4. The fraction of sp³-hybridized carbons (Fsp3) is 0.0909. The monoisotopic (exact) mass is 477 g/mol. The molecule has 1 atom stereocenters. The van der Waals surface area contributed by atoms with Crippen molar-refractivity contribution in [1.82, 2.24) is 19.5 Å². The SMILES string of the molecule is CC(Nc1nc(N)nc(N)c1C#N)c1nc2c(C#N)cc(F)cc2c(=O)n1-c1cc(F)cc(F)c1. The molecule has 4 rings (SSSR count). The van der Waals surface area contributed by atoms with Gasteiger partial charge in [0.2, 0.25) is 5.95 Å². The highest BCUT2D eigenvalue weighted by molar-refractivity contribution is 5.84. The van der Waals surface area contributed by atoms with Crippen molar-refractivity contribution in [3.05, 3.63) is 75.1 Å². The summed E-state index contributed by atoms with van der Waals surface area (Å²) < 4.78 is 43.0. The molecule has 35 heavy (non-hydrogen) atoms. The van der Waals surface area contributed by atoms with Crippen molar-refractivity contribution in [2.75, 3.05) is 16.8 Å². The number of rotatable bonds is 4. The number of hydrogen-bond acceptors (Lipinski definition) is 9. The maximum Gasteiger partial charge on any atom is 0.266 e. The van der Waals surface area contributed by atoms with Crippen molar-refractivity contribution in [2.45, 2.75) is 13.0 Å². The van der Waals surface area contributed by atoms with Crippen LogP contribution in [0.25, 0.3) is 16.6 Å². The topological polar surface area (TPSA) is 172 Å². The van der Waals surface area contributed by atoms with Crippen LogP contribution in [0.5, 0.6) is 0 Å². The predicted octanol–water partition coefficient (Wildman–Crippen LogP) is 2.67. The molecule has 0 aliphatic carbocycles. The van der Waals surface area contributed by atoms with Crippen molar-refractivity contribution >= 4 is 28.5 Å². The maximum atomic E-state index is 14.1. The van der Waals surface area contributed by atoms with E-state index in [2.05, 4.69) is 20.3 Å². The van der Waals surface area contributed by atoms with Gasteiger partial charge < -0.3 is 16.8 Å².